The molecule has 0 spiro atoms. The van der Waals surface area contributed by atoms with Crippen LogP contribution in [0.1, 0.15) is 40.8 Å². The third-order valence-electron chi connectivity index (χ3n) is 2.82. The zero-order valence-corrected chi connectivity index (χ0v) is 10.8. The Hall–Kier alpha value is -1.76. The van der Waals surface area contributed by atoms with Gasteiger partial charge in [-0.05, 0) is 27.2 Å². The van der Waals surface area contributed by atoms with Crippen LogP contribution in [0.2, 0.25) is 0 Å². The second-order valence-corrected chi connectivity index (χ2v) is 4.10. The van der Waals surface area contributed by atoms with E-state index in [1.165, 1.54) is 0 Å². The molecular weight excluding hydrogens is 216 g/mol. The Balaban J connectivity index is 3.05. The summed E-state index contributed by atoms with van der Waals surface area (Å²) in [6.07, 6.45) is 0.836. The van der Waals surface area contributed by atoms with Gasteiger partial charge in [0.05, 0.1) is 11.6 Å². The number of amides is 1. The van der Waals surface area contributed by atoms with E-state index >= 15 is 0 Å². The average Bonchev–Trinajstić information content (AvgIpc) is 2.52. The van der Waals surface area contributed by atoms with Gasteiger partial charge in [0.25, 0.3) is 5.91 Å². The molecular formula is C13H18N2O2. The highest BCUT2D eigenvalue weighted by molar-refractivity contribution is 5.97. The smallest absolute Gasteiger partial charge is 0.258 e. The Labute approximate surface area is 102 Å². The summed E-state index contributed by atoms with van der Waals surface area (Å²) in [5, 5.41) is 8.74. The van der Waals surface area contributed by atoms with Gasteiger partial charge in [-0.1, -0.05) is 6.92 Å². The SMILES string of the molecule is CCCN(CC#N)C(=O)c1c(C)oc(C)c1C. The van der Waals surface area contributed by atoms with E-state index in [4.69, 9.17) is 9.68 Å². The molecule has 0 unspecified atom stereocenters. The van der Waals surface area contributed by atoms with Crippen LogP contribution < -0.4 is 0 Å². The van der Waals surface area contributed by atoms with Crippen molar-refractivity contribution in [3.05, 3.63) is 22.6 Å². The Morgan fingerprint density at radius 1 is 1.35 bits per heavy atom. The van der Waals surface area contributed by atoms with Crippen molar-refractivity contribution in [3.63, 3.8) is 0 Å². The molecule has 0 aliphatic carbocycles. The summed E-state index contributed by atoms with van der Waals surface area (Å²) in [5.74, 6) is 1.28. The fraction of sp³-hybridized carbons (Fsp3) is 0.538. The minimum atomic E-state index is -0.111. The summed E-state index contributed by atoms with van der Waals surface area (Å²) in [4.78, 5) is 13.9. The predicted molar refractivity (Wildman–Crippen MR) is 64.7 cm³/mol. The molecule has 1 amide bonds. The molecule has 92 valence electrons. The minimum Gasteiger partial charge on any atom is -0.466 e. The van der Waals surface area contributed by atoms with Gasteiger partial charge >= 0.3 is 0 Å². The lowest BCUT2D eigenvalue weighted by Crippen LogP contribution is -2.32. The van der Waals surface area contributed by atoms with Gasteiger partial charge in [0, 0.05) is 12.1 Å². The summed E-state index contributed by atoms with van der Waals surface area (Å²) in [6.45, 7) is 8.19. The van der Waals surface area contributed by atoms with Crippen molar-refractivity contribution in [1.29, 1.82) is 5.26 Å². The number of nitriles is 1. The summed E-state index contributed by atoms with van der Waals surface area (Å²) < 4.78 is 5.44. The molecule has 0 N–H and O–H groups in total. The molecule has 0 atom stereocenters. The zero-order valence-electron chi connectivity index (χ0n) is 10.8. The highest BCUT2D eigenvalue weighted by atomic mass is 16.3. The molecule has 0 aliphatic heterocycles. The van der Waals surface area contributed by atoms with Gasteiger partial charge in [-0.3, -0.25) is 4.79 Å². The Morgan fingerprint density at radius 3 is 2.41 bits per heavy atom. The summed E-state index contributed by atoms with van der Waals surface area (Å²) >= 11 is 0. The Bertz CT molecular complexity index is 455. The van der Waals surface area contributed by atoms with Crippen molar-refractivity contribution in [2.45, 2.75) is 34.1 Å². The molecule has 0 saturated heterocycles. The maximum absolute atomic E-state index is 12.3. The van der Waals surface area contributed by atoms with Gasteiger partial charge in [0.2, 0.25) is 0 Å². The van der Waals surface area contributed by atoms with E-state index in [1.54, 1.807) is 11.8 Å². The van der Waals surface area contributed by atoms with Crippen molar-refractivity contribution in [2.75, 3.05) is 13.1 Å². The first-order valence-corrected chi connectivity index (χ1v) is 5.75. The van der Waals surface area contributed by atoms with Crippen LogP contribution in [0.3, 0.4) is 0 Å². The fourth-order valence-corrected chi connectivity index (χ4v) is 1.87. The maximum Gasteiger partial charge on any atom is 0.258 e. The third kappa shape index (κ3) is 2.68. The molecule has 4 nitrogen and oxygen atoms in total. The van der Waals surface area contributed by atoms with E-state index in [1.807, 2.05) is 26.8 Å². The van der Waals surface area contributed by atoms with Gasteiger partial charge in [-0.25, -0.2) is 0 Å². The minimum absolute atomic E-state index is 0.111. The zero-order chi connectivity index (χ0) is 13.0. The first-order chi connectivity index (χ1) is 8.02. The molecule has 0 radical (unpaired) electrons. The Morgan fingerprint density at radius 2 is 2.00 bits per heavy atom. The van der Waals surface area contributed by atoms with Crippen LogP contribution in [0.25, 0.3) is 0 Å². The lowest BCUT2D eigenvalue weighted by Gasteiger charge is -2.18. The maximum atomic E-state index is 12.3. The molecule has 17 heavy (non-hydrogen) atoms. The van der Waals surface area contributed by atoms with Crippen LogP contribution >= 0.6 is 0 Å². The molecule has 1 aromatic heterocycles. The Kier molecular flexibility index (Phi) is 4.33. The van der Waals surface area contributed by atoms with Crippen LogP contribution in [0.15, 0.2) is 4.42 Å². The van der Waals surface area contributed by atoms with Crippen LogP contribution in [-0.4, -0.2) is 23.9 Å². The molecule has 1 aromatic rings. The molecule has 0 aliphatic rings. The average molecular weight is 234 g/mol. The van der Waals surface area contributed by atoms with Crippen LogP contribution in [-0.2, 0) is 0 Å². The van der Waals surface area contributed by atoms with Crippen LogP contribution in [0, 0.1) is 32.1 Å². The van der Waals surface area contributed by atoms with Gasteiger partial charge in [0.1, 0.15) is 18.1 Å². The van der Waals surface area contributed by atoms with E-state index in [0.29, 0.717) is 17.9 Å². The fourth-order valence-electron chi connectivity index (χ4n) is 1.87. The van der Waals surface area contributed by atoms with Crippen molar-refractivity contribution >= 4 is 5.91 Å². The van der Waals surface area contributed by atoms with Crippen molar-refractivity contribution in [2.24, 2.45) is 0 Å². The van der Waals surface area contributed by atoms with Crippen molar-refractivity contribution < 1.29 is 9.21 Å². The topological polar surface area (TPSA) is 57.2 Å². The van der Waals surface area contributed by atoms with Crippen LogP contribution in [0.4, 0.5) is 0 Å². The van der Waals surface area contributed by atoms with E-state index < -0.39 is 0 Å². The lowest BCUT2D eigenvalue weighted by atomic mass is 10.1. The van der Waals surface area contributed by atoms with E-state index in [-0.39, 0.29) is 12.5 Å². The molecule has 0 bridgehead atoms. The third-order valence-corrected chi connectivity index (χ3v) is 2.82. The van der Waals surface area contributed by atoms with Crippen molar-refractivity contribution in [1.82, 2.24) is 4.90 Å². The second kappa shape index (κ2) is 5.53. The highest BCUT2D eigenvalue weighted by Gasteiger charge is 2.23. The molecule has 4 heteroatoms. The lowest BCUT2D eigenvalue weighted by molar-refractivity contribution is 0.0773. The van der Waals surface area contributed by atoms with Crippen molar-refractivity contribution in [3.8, 4) is 6.07 Å². The number of furan rings is 1. The number of carbonyl (C=O) groups excluding carboxylic acids is 1. The first-order valence-electron chi connectivity index (χ1n) is 5.75. The van der Waals surface area contributed by atoms with Gasteiger partial charge in [-0.2, -0.15) is 5.26 Å². The largest absolute Gasteiger partial charge is 0.466 e. The summed E-state index contributed by atoms with van der Waals surface area (Å²) in [7, 11) is 0. The highest BCUT2D eigenvalue weighted by Crippen LogP contribution is 2.22. The quantitative estimate of drug-likeness (QED) is 0.752. The molecule has 0 saturated carbocycles. The second-order valence-electron chi connectivity index (χ2n) is 4.10. The first kappa shape index (κ1) is 13.3. The number of rotatable bonds is 4. The van der Waals surface area contributed by atoms with Crippen LogP contribution in [0.5, 0.6) is 0 Å². The molecule has 0 aromatic carbocycles. The van der Waals surface area contributed by atoms with E-state index in [0.717, 1.165) is 17.7 Å². The molecule has 1 heterocycles. The summed E-state index contributed by atoms with van der Waals surface area (Å²) in [5.41, 5.74) is 1.47. The number of aryl methyl sites for hydroxylation is 2. The summed E-state index contributed by atoms with van der Waals surface area (Å²) in [6, 6.07) is 2.02. The number of carbonyl (C=O) groups is 1. The van der Waals surface area contributed by atoms with Gasteiger partial charge < -0.3 is 9.32 Å². The standard InChI is InChI=1S/C13H18N2O2/c1-5-7-15(8-6-14)13(16)12-9(2)10(3)17-11(12)4/h5,7-8H2,1-4H3. The number of hydrogen-bond donors (Lipinski definition) is 0. The van der Waals surface area contributed by atoms with E-state index in [9.17, 15) is 4.79 Å². The van der Waals surface area contributed by atoms with E-state index in [2.05, 4.69) is 0 Å². The number of nitrogens with zero attached hydrogens (tertiary/aromatic N) is 2. The number of hydrogen-bond acceptors (Lipinski definition) is 3. The normalized spacial score (nSPS) is 10.1. The predicted octanol–water partition coefficient (Wildman–Crippen LogP) is 2.58. The van der Waals surface area contributed by atoms with Gasteiger partial charge in [0.15, 0.2) is 0 Å². The monoisotopic (exact) mass is 234 g/mol. The van der Waals surface area contributed by atoms with Gasteiger partial charge in [-0.15, -0.1) is 0 Å². The molecule has 0 fully saturated rings. The molecule has 1 rings (SSSR count).